The normalized spacial score (nSPS) is 10.5. The second-order valence-corrected chi connectivity index (χ2v) is 6.68. The number of benzene rings is 1. The molecule has 1 heterocycles. The van der Waals surface area contributed by atoms with Crippen LogP contribution in [0.1, 0.15) is 29.0 Å². The predicted octanol–water partition coefficient (Wildman–Crippen LogP) is 4.52. The second-order valence-electron chi connectivity index (χ2n) is 5.07. The van der Waals surface area contributed by atoms with Gasteiger partial charge in [-0.15, -0.1) is 11.3 Å². The number of hydrogen-bond acceptors (Lipinski definition) is 4. The zero-order valence-corrected chi connectivity index (χ0v) is 14.5. The van der Waals surface area contributed by atoms with Gasteiger partial charge in [-0.05, 0) is 51.0 Å². The maximum Gasteiger partial charge on any atom is 0.226 e. The summed E-state index contributed by atoms with van der Waals surface area (Å²) in [6.45, 7) is 6.35. The van der Waals surface area contributed by atoms with Crippen molar-refractivity contribution in [1.82, 2.24) is 4.98 Å². The molecule has 0 radical (unpaired) electrons. The number of nitrogens with one attached hydrogen (secondary N) is 1. The Bertz CT molecular complexity index is 651. The van der Waals surface area contributed by atoms with Crippen molar-refractivity contribution >= 4 is 34.0 Å². The molecule has 0 saturated heterocycles. The summed E-state index contributed by atoms with van der Waals surface area (Å²) in [4.78, 5) is 17.2. The van der Waals surface area contributed by atoms with Gasteiger partial charge in [-0.2, -0.15) is 0 Å². The van der Waals surface area contributed by atoms with Gasteiger partial charge in [0.15, 0.2) is 5.13 Å². The zero-order chi connectivity index (χ0) is 16.1. The Hall–Kier alpha value is -1.59. The van der Waals surface area contributed by atoms with Crippen molar-refractivity contribution in [1.29, 1.82) is 0 Å². The molecule has 1 N–H and O–H groups in total. The lowest BCUT2D eigenvalue weighted by molar-refractivity contribution is -0.116. The van der Waals surface area contributed by atoms with E-state index in [0.717, 1.165) is 26.9 Å². The second kappa shape index (κ2) is 7.61. The molecule has 0 fully saturated rings. The number of carbonyl (C=O) groups is 1. The van der Waals surface area contributed by atoms with Crippen LogP contribution in [0.5, 0.6) is 5.75 Å². The number of aryl methyl sites for hydroxylation is 3. The molecule has 0 aliphatic carbocycles. The summed E-state index contributed by atoms with van der Waals surface area (Å²) in [6, 6.07) is 5.53. The third-order valence-corrected chi connectivity index (χ3v) is 4.63. The van der Waals surface area contributed by atoms with Crippen LogP contribution < -0.4 is 10.1 Å². The molecule has 0 atom stereocenters. The van der Waals surface area contributed by atoms with E-state index in [-0.39, 0.29) is 5.91 Å². The maximum atomic E-state index is 11.8. The Balaban J connectivity index is 1.71. The van der Waals surface area contributed by atoms with E-state index in [1.54, 1.807) is 0 Å². The van der Waals surface area contributed by atoms with Gasteiger partial charge in [0.05, 0.1) is 12.3 Å². The van der Waals surface area contributed by atoms with E-state index in [4.69, 9.17) is 16.3 Å². The van der Waals surface area contributed by atoms with Crippen molar-refractivity contribution in [2.24, 2.45) is 0 Å². The van der Waals surface area contributed by atoms with Crippen molar-refractivity contribution in [3.8, 4) is 5.75 Å². The third-order valence-electron chi connectivity index (χ3n) is 3.22. The first kappa shape index (κ1) is 16.8. The molecule has 22 heavy (non-hydrogen) atoms. The van der Waals surface area contributed by atoms with Crippen molar-refractivity contribution in [2.45, 2.75) is 33.6 Å². The molecule has 1 aromatic carbocycles. The average molecular weight is 339 g/mol. The predicted molar refractivity (Wildman–Crippen MR) is 91.1 cm³/mol. The number of ether oxygens (including phenoxy) is 1. The molecule has 0 bridgehead atoms. The Kier molecular flexibility index (Phi) is 5.80. The third kappa shape index (κ3) is 4.71. The molecule has 4 nitrogen and oxygen atoms in total. The lowest BCUT2D eigenvalue weighted by atomic mass is 10.2. The SMILES string of the molecule is Cc1cc(OCCCC(=O)Nc2nc(C)c(C)s2)ccc1Cl. The highest BCUT2D eigenvalue weighted by Crippen LogP contribution is 2.22. The van der Waals surface area contributed by atoms with Crippen LogP contribution in [-0.2, 0) is 4.79 Å². The number of nitrogens with zero attached hydrogens (tertiary/aromatic N) is 1. The molecule has 1 amide bonds. The average Bonchev–Trinajstić information content (AvgIpc) is 2.77. The largest absolute Gasteiger partial charge is 0.494 e. The van der Waals surface area contributed by atoms with E-state index in [0.29, 0.717) is 24.6 Å². The highest BCUT2D eigenvalue weighted by molar-refractivity contribution is 7.15. The van der Waals surface area contributed by atoms with Crippen LogP contribution in [-0.4, -0.2) is 17.5 Å². The minimum absolute atomic E-state index is 0.0374. The molecule has 1 aromatic heterocycles. The van der Waals surface area contributed by atoms with E-state index in [2.05, 4.69) is 10.3 Å². The van der Waals surface area contributed by atoms with Crippen molar-refractivity contribution in [3.63, 3.8) is 0 Å². The molecule has 118 valence electrons. The van der Waals surface area contributed by atoms with Crippen LogP contribution in [0, 0.1) is 20.8 Å². The molecule has 2 aromatic rings. The van der Waals surface area contributed by atoms with Crippen molar-refractivity contribution in [3.05, 3.63) is 39.4 Å². The van der Waals surface area contributed by atoms with Gasteiger partial charge in [0, 0.05) is 16.3 Å². The van der Waals surface area contributed by atoms with Crippen LogP contribution in [0.25, 0.3) is 0 Å². The van der Waals surface area contributed by atoms with E-state index in [1.165, 1.54) is 11.3 Å². The minimum Gasteiger partial charge on any atom is -0.494 e. The van der Waals surface area contributed by atoms with Crippen LogP contribution in [0.15, 0.2) is 18.2 Å². The number of carbonyl (C=O) groups excluding carboxylic acids is 1. The van der Waals surface area contributed by atoms with Gasteiger partial charge >= 0.3 is 0 Å². The first-order valence-electron chi connectivity index (χ1n) is 7.08. The summed E-state index contributed by atoms with van der Waals surface area (Å²) in [6.07, 6.45) is 1.06. The van der Waals surface area contributed by atoms with Crippen LogP contribution in [0.3, 0.4) is 0 Å². The fourth-order valence-corrected chi connectivity index (χ4v) is 2.79. The number of rotatable bonds is 6. The van der Waals surface area contributed by atoms with Crippen LogP contribution in [0.2, 0.25) is 5.02 Å². The first-order valence-corrected chi connectivity index (χ1v) is 8.28. The summed E-state index contributed by atoms with van der Waals surface area (Å²) >= 11 is 7.45. The van der Waals surface area contributed by atoms with Crippen molar-refractivity contribution in [2.75, 3.05) is 11.9 Å². The number of hydrogen-bond donors (Lipinski definition) is 1. The van der Waals surface area contributed by atoms with Crippen LogP contribution >= 0.6 is 22.9 Å². The number of amides is 1. The topological polar surface area (TPSA) is 51.2 Å². The summed E-state index contributed by atoms with van der Waals surface area (Å²) in [5, 5.41) is 4.20. The lowest BCUT2D eigenvalue weighted by Crippen LogP contribution is -2.12. The van der Waals surface area contributed by atoms with Gasteiger partial charge in [-0.1, -0.05) is 11.6 Å². The maximum absolute atomic E-state index is 11.8. The quantitative estimate of drug-likeness (QED) is 0.788. The summed E-state index contributed by atoms with van der Waals surface area (Å²) in [5.41, 5.74) is 1.94. The van der Waals surface area contributed by atoms with Crippen LogP contribution in [0.4, 0.5) is 5.13 Å². The molecule has 0 unspecified atom stereocenters. The Morgan fingerprint density at radius 2 is 2.14 bits per heavy atom. The van der Waals surface area contributed by atoms with E-state index < -0.39 is 0 Å². The molecular formula is C16H19ClN2O2S. The van der Waals surface area contributed by atoms with E-state index in [9.17, 15) is 4.79 Å². The molecular weight excluding hydrogens is 320 g/mol. The van der Waals surface area contributed by atoms with Gasteiger partial charge in [0.25, 0.3) is 0 Å². The monoisotopic (exact) mass is 338 g/mol. The molecule has 0 aliphatic heterocycles. The van der Waals surface area contributed by atoms with Gasteiger partial charge < -0.3 is 10.1 Å². The van der Waals surface area contributed by atoms with Gasteiger partial charge in [0.1, 0.15) is 5.75 Å². The number of aromatic nitrogens is 1. The smallest absolute Gasteiger partial charge is 0.226 e. The van der Waals surface area contributed by atoms with Gasteiger partial charge in [-0.3, -0.25) is 4.79 Å². The number of halogens is 1. The Morgan fingerprint density at radius 1 is 1.36 bits per heavy atom. The highest BCUT2D eigenvalue weighted by atomic mass is 35.5. The van der Waals surface area contributed by atoms with Crippen molar-refractivity contribution < 1.29 is 9.53 Å². The summed E-state index contributed by atoms with van der Waals surface area (Å²) < 4.78 is 5.61. The molecule has 0 saturated carbocycles. The minimum atomic E-state index is -0.0374. The first-order chi connectivity index (χ1) is 10.5. The molecule has 0 spiro atoms. The number of anilines is 1. The van der Waals surface area contributed by atoms with Gasteiger partial charge in [0.2, 0.25) is 5.91 Å². The Labute approximate surface area is 139 Å². The molecule has 0 aliphatic rings. The molecule has 6 heteroatoms. The standard InChI is InChI=1S/C16H19ClN2O2S/c1-10-9-13(6-7-14(10)17)21-8-4-5-15(20)19-16-18-11(2)12(3)22-16/h6-7,9H,4-5,8H2,1-3H3,(H,18,19,20). The van der Waals surface area contributed by atoms with Gasteiger partial charge in [-0.25, -0.2) is 4.98 Å². The Morgan fingerprint density at radius 3 is 2.77 bits per heavy atom. The zero-order valence-electron chi connectivity index (χ0n) is 12.9. The highest BCUT2D eigenvalue weighted by Gasteiger charge is 2.08. The fourth-order valence-electron chi connectivity index (χ4n) is 1.84. The van der Waals surface area contributed by atoms with E-state index >= 15 is 0 Å². The lowest BCUT2D eigenvalue weighted by Gasteiger charge is -2.07. The summed E-state index contributed by atoms with van der Waals surface area (Å²) in [5.74, 6) is 0.734. The number of thiazole rings is 1. The molecule has 2 rings (SSSR count). The summed E-state index contributed by atoms with van der Waals surface area (Å²) in [7, 11) is 0. The van der Waals surface area contributed by atoms with E-state index in [1.807, 2.05) is 39.0 Å². The fraction of sp³-hybridized carbons (Fsp3) is 0.375.